The van der Waals surface area contributed by atoms with E-state index >= 15 is 0 Å². The maximum absolute atomic E-state index is 12.8. The first-order valence-corrected chi connectivity index (χ1v) is 7.95. The molecule has 0 saturated heterocycles. The second-order valence-electron chi connectivity index (χ2n) is 5.40. The number of aromatic nitrogens is 4. The molecule has 2 rings (SSSR count). The summed E-state index contributed by atoms with van der Waals surface area (Å²) in [4.78, 5) is 11.9. The van der Waals surface area contributed by atoms with Gasteiger partial charge >= 0.3 is 6.18 Å². The van der Waals surface area contributed by atoms with Crippen LogP contribution in [0.15, 0.2) is 10.5 Å². The van der Waals surface area contributed by atoms with Crippen LogP contribution in [0.5, 0.6) is 0 Å². The Labute approximate surface area is 145 Å². The van der Waals surface area contributed by atoms with Gasteiger partial charge in [0.15, 0.2) is 5.69 Å². The highest BCUT2D eigenvalue weighted by atomic mass is 79.9. The molecule has 0 aliphatic rings. The summed E-state index contributed by atoms with van der Waals surface area (Å²) in [5, 5.41) is 10.4. The maximum Gasteiger partial charge on any atom is 0.436 e. The largest absolute Gasteiger partial charge is 0.436 e. The van der Waals surface area contributed by atoms with Gasteiger partial charge < -0.3 is 5.32 Å². The van der Waals surface area contributed by atoms with E-state index in [1.54, 1.807) is 11.7 Å². The van der Waals surface area contributed by atoms with Crippen molar-refractivity contribution in [3.05, 3.63) is 33.3 Å². The van der Waals surface area contributed by atoms with Gasteiger partial charge in [0, 0.05) is 19.2 Å². The van der Waals surface area contributed by atoms with E-state index in [0.717, 1.165) is 11.4 Å². The predicted octanol–water partition coefficient (Wildman–Crippen LogP) is 2.72. The molecular weight excluding hydrogens is 391 g/mol. The first kappa shape index (κ1) is 18.5. The monoisotopic (exact) mass is 407 g/mol. The zero-order valence-electron chi connectivity index (χ0n) is 13.4. The molecule has 0 atom stereocenters. The molecule has 132 valence electrons. The Kier molecular flexibility index (Phi) is 5.36. The van der Waals surface area contributed by atoms with E-state index in [1.807, 2.05) is 13.0 Å². The van der Waals surface area contributed by atoms with Crippen molar-refractivity contribution in [2.75, 3.05) is 0 Å². The summed E-state index contributed by atoms with van der Waals surface area (Å²) >= 11 is 2.90. The standard InChI is InChI=1S/C14H17BrF3N5O/c1-8-6-10(20-22(8)3)7-19-11(24)4-5-23-9(2)12(15)13(21-23)14(16,17)18/h6H,4-5,7H2,1-3H3,(H,19,24). The summed E-state index contributed by atoms with van der Waals surface area (Å²) in [6, 6.07) is 1.85. The summed E-state index contributed by atoms with van der Waals surface area (Å²) in [5.74, 6) is -0.280. The highest BCUT2D eigenvalue weighted by molar-refractivity contribution is 9.10. The van der Waals surface area contributed by atoms with E-state index in [9.17, 15) is 18.0 Å². The van der Waals surface area contributed by atoms with Crippen molar-refractivity contribution in [3.8, 4) is 0 Å². The Balaban J connectivity index is 1.92. The Hall–Kier alpha value is -1.84. The van der Waals surface area contributed by atoms with E-state index in [2.05, 4.69) is 31.4 Å². The third kappa shape index (κ3) is 4.16. The average molecular weight is 408 g/mol. The quantitative estimate of drug-likeness (QED) is 0.828. The fourth-order valence-corrected chi connectivity index (χ4v) is 2.64. The molecule has 1 amide bonds. The van der Waals surface area contributed by atoms with Gasteiger partial charge in [-0.1, -0.05) is 0 Å². The summed E-state index contributed by atoms with van der Waals surface area (Å²) < 4.78 is 41.1. The van der Waals surface area contributed by atoms with Crippen molar-refractivity contribution in [2.24, 2.45) is 7.05 Å². The van der Waals surface area contributed by atoms with E-state index in [-0.39, 0.29) is 29.9 Å². The number of hydrogen-bond donors (Lipinski definition) is 1. The first-order valence-electron chi connectivity index (χ1n) is 7.16. The van der Waals surface area contributed by atoms with Crippen molar-refractivity contribution < 1.29 is 18.0 Å². The summed E-state index contributed by atoms with van der Waals surface area (Å²) in [6.07, 6.45) is -4.51. The lowest BCUT2D eigenvalue weighted by Gasteiger charge is -2.05. The zero-order valence-corrected chi connectivity index (χ0v) is 15.0. The molecule has 0 fully saturated rings. The summed E-state index contributed by atoms with van der Waals surface area (Å²) in [5.41, 5.74) is 1.04. The molecule has 2 heterocycles. The number of nitrogens with one attached hydrogen (secondary N) is 1. The van der Waals surface area contributed by atoms with Crippen molar-refractivity contribution in [1.82, 2.24) is 24.9 Å². The van der Waals surface area contributed by atoms with Crippen LogP contribution in [-0.2, 0) is 31.1 Å². The molecular formula is C14H17BrF3N5O. The lowest BCUT2D eigenvalue weighted by atomic mass is 10.3. The molecule has 2 aromatic rings. The van der Waals surface area contributed by atoms with Crippen molar-refractivity contribution in [1.29, 1.82) is 0 Å². The second kappa shape index (κ2) is 6.96. The molecule has 1 N–H and O–H groups in total. The Morgan fingerprint density at radius 1 is 1.33 bits per heavy atom. The smallest absolute Gasteiger partial charge is 0.350 e. The number of aryl methyl sites for hydroxylation is 3. The van der Waals surface area contributed by atoms with E-state index in [0.29, 0.717) is 5.69 Å². The number of amides is 1. The van der Waals surface area contributed by atoms with Gasteiger partial charge in [-0.15, -0.1) is 0 Å². The van der Waals surface area contributed by atoms with Gasteiger partial charge in [-0.3, -0.25) is 14.2 Å². The van der Waals surface area contributed by atoms with Crippen LogP contribution in [0.3, 0.4) is 0 Å². The minimum Gasteiger partial charge on any atom is -0.350 e. The van der Waals surface area contributed by atoms with E-state index in [4.69, 9.17) is 0 Å². The van der Waals surface area contributed by atoms with Crippen LogP contribution in [0.2, 0.25) is 0 Å². The molecule has 0 saturated carbocycles. The van der Waals surface area contributed by atoms with Crippen LogP contribution in [0, 0.1) is 13.8 Å². The number of rotatable bonds is 5. The van der Waals surface area contributed by atoms with Crippen LogP contribution < -0.4 is 5.32 Å². The van der Waals surface area contributed by atoms with Crippen molar-refractivity contribution >= 4 is 21.8 Å². The highest BCUT2D eigenvalue weighted by Gasteiger charge is 2.37. The Morgan fingerprint density at radius 3 is 2.50 bits per heavy atom. The first-order chi connectivity index (χ1) is 11.1. The molecule has 10 heteroatoms. The van der Waals surface area contributed by atoms with Crippen LogP contribution in [0.4, 0.5) is 13.2 Å². The van der Waals surface area contributed by atoms with Gasteiger partial charge in [0.2, 0.25) is 5.91 Å². The molecule has 0 radical (unpaired) electrons. The summed E-state index contributed by atoms with van der Waals surface area (Å²) in [6.45, 7) is 3.75. The van der Waals surface area contributed by atoms with Gasteiger partial charge in [0.25, 0.3) is 0 Å². The van der Waals surface area contributed by atoms with Crippen LogP contribution in [-0.4, -0.2) is 25.5 Å². The zero-order chi connectivity index (χ0) is 18.1. The highest BCUT2D eigenvalue weighted by Crippen LogP contribution is 2.35. The third-order valence-electron chi connectivity index (χ3n) is 3.58. The molecule has 6 nitrogen and oxygen atoms in total. The van der Waals surface area contributed by atoms with E-state index < -0.39 is 11.9 Å². The maximum atomic E-state index is 12.8. The summed E-state index contributed by atoms with van der Waals surface area (Å²) in [7, 11) is 1.80. The number of carbonyl (C=O) groups excluding carboxylic acids is 1. The minimum absolute atomic E-state index is 0.0259. The van der Waals surface area contributed by atoms with Gasteiger partial charge in [0.05, 0.1) is 29.0 Å². The number of alkyl halides is 3. The van der Waals surface area contributed by atoms with Gasteiger partial charge in [-0.05, 0) is 35.8 Å². The van der Waals surface area contributed by atoms with E-state index in [1.165, 1.54) is 11.6 Å². The molecule has 0 aromatic carbocycles. The molecule has 0 unspecified atom stereocenters. The van der Waals surface area contributed by atoms with Crippen LogP contribution in [0.25, 0.3) is 0 Å². The van der Waals surface area contributed by atoms with Crippen LogP contribution in [0.1, 0.15) is 29.2 Å². The third-order valence-corrected chi connectivity index (χ3v) is 4.53. The minimum atomic E-state index is -4.53. The molecule has 0 aliphatic carbocycles. The number of carbonyl (C=O) groups is 1. The molecule has 2 aromatic heterocycles. The van der Waals surface area contributed by atoms with Crippen molar-refractivity contribution in [3.63, 3.8) is 0 Å². The topological polar surface area (TPSA) is 64.7 Å². The normalized spacial score (nSPS) is 11.8. The average Bonchev–Trinajstić information content (AvgIpc) is 2.95. The number of hydrogen-bond acceptors (Lipinski definition) is 3. The molecule has 24 heavy (non-hydrogen) atoms. The lowest BCUT2D eigenvalue weighted by Crippen LogP contribution is -2.24. The Bertz CT molecular complexity index is 731. The molecule has 0 spiro atoms. The molecule has 0 aliphatic heterocycles. The van der Waals surface area contributed by atoms with Gasteiger partial charge in [0.1, 0.15) is 0 Å². The van der Waals surface area contributed by atoms with Gasteiger partial charge in [-0.2, -0.15) is 23.4 Å². The van der Waals surface area contributed by atoms with Crippen molar-refractivity contribution in [2.45, 2.75) is 39.5 Å². The SMILES string of the molecule is Cc1cc(CNC(=O)CCn2nc(C(F)(F)F)c(Br)c2C)nn1C. The fraction of sp³-hybridized carbons (Fsp3) is 0.500. The second-order valence-corrected chi connectivity index (χ2v) is 6.19. The predicted molar refractivity (Wildman–Crippen MR) is 84.1 cm³/mol. The number of halogens is 4. The van der Waals surface area contributed by atoms with Crippen LogP contribution >= 0.6 is 15.9 Å². The molecule has 0 bridgehead atoms. The number of nitrogens with zero attached hydrogens (tertiary/aromatic N) is 4. The Morgan fingerprint density at radius 2 is 2.00 bits per heavy atom. The lowest BCUT2D eigenvalue weighted by molar-refractivity contribution is -0.142. The fourth-order valence-electron chi connectivity index (χ4n) is 2.13. The van der Waals surface area contributed by atoms with Gasteiger partial charge in [-0.25, -0.2) is 0 Å².